The second-order valence-corrected chi connectivity index (χ2v) is 3.92. The van der Waals surface area contributed by atoms with Gasteiger partial charge in [-0.3, -0.25) is 9.35 Å². The topological polar surface area (TPSA) is 110 Å². The number of hydrogen-bond acceptors (Lipinski definition) is 5. The lowest BCUT2D eigenvalue weighted by atomic mass is 10.1. The Labute approximate surface area is 80.5 Å². The summed E-state index contributed by atoms with van der Waals surface area (Å²) in [6, 6.07) is 0. The quantitative estimate of drug-likeness (QED) is 0.282. The Morgan fingerprint density at radius 3 is 2.64 bits per heavy atom. The highest BCUT2D eigenvalue weighted by atomic mass is 32.2. The van der Waals surface area contributed by atoms with Gasteiger partial charge in [-0.25, -0.2) is 0 Å². The van der Waals surface area contributed by atoms with Crippen LogP contribution in [-0.2, 0) is 14.9 Å². The molecule has 3 N–H and O–H groups in total. The number of hydrogen-bond donors (Lipinski definition) is 2. The van der Waals surface area contributed by atoms with Gasteiger partial charge in [0.1, 0.15) is 4.91 Å². The fraction of sp³-hybridized carbons (Fsp3) is 0.143. The van der Waals surface area contributed by atoms with Gasteiger partial charge in [-0.15, -0.1) is 0 Å². The molecular weight excluding hydrogens is 208 g/mol. The predicted octanol–water partition coefficient (Wildman–Crippen LogP) is -0.398. The van der Waals surface area contributed by atoms with E-state index < -0.39 is 15.0 Å². The molecule has 0 fully saturated rings. The van der Waals surface area contributed by atoms with Crippen molar-refractivity contribution in [1.29, 1.82) is 0 Å². The van der Waals surface area contributed by atoms with E-state index in [1.54, 1.807) is 0 Å². The summed E-state index contributed by atoms with van der Waals surface area (Å²) < 4.78 is 30.6. The van der Waals surface area contributed by atoms with Crippen LogP contribution in [0.15, 0.2) is 27.7 Å². The van der Waals surface area contributed by atoms with Crippen LogP contribution >= 0.6 is 0 Å². The van der Waals surface area contributed by atoms with Crippen LogP contribution in [0.3, 0.4) is 0 Å². The van der Waals surface area contributed by atoms with Crippen LogP contribution in [-0.4, -0.2) is 25.0 Å². The summed E-state index contributed by atoms with van der Waals surface area (Å²) in [4.78, 5) is 9.98. The van der Waals surface area contributed by atoms with Gasteiger partial charge in [0, 0.05) is 12.0 Å². The first-order chi connectivity index (χ1) is 6.50. The summed E-state index contributed by atoms with van der Waals surface area (Å²) in [7, 11) is -4.46. The second-order valence-electron chi connectivity index (χ2n) is 2.56. The van der Waals surface area contributed by atoms with Crippen LogP contribution in [0.5, 0.6) is 0 Å². The van der Waals surface area contributed by atoms with Crippen LogP contribution in [0.4, 0.5) is 0 Å². The van der Waals surface area contributed by atoms with E-state index >= 15 is 0 Å². The summed E-state index contributed by atoms with van der Waals surface area (Å²) in [5, 5.41) is 3.20. The number of carbonyl (C=O) groups is 1. The number of nitrogens with two attached hydrogens (primary N) is 1. The number of aldehydes is 1. The van der Waals surface area contributed by atoms with E-state index in [4.69, 9.17) is 10.4 Å². The minimum atomic E-state index is -4.46. The summed E-state index contributed by atoms with van der Waals surface area (Å²) >= 11 is 0. The first-order valence-electron chi connectivity index (χ1n) is 3.61. The Balaban J connectivity index is 3.47. The first-order valence-corrected chi connectivity index (χ1v) is 5.05. The Morgan fingerprint density at radius 2 is 2.21 bits per heavy atom. The van der Waals surface area contributed by atoms with Crippen molar-refractivity contribution in [3.63, 3.8) is 0 Å². The average molecular weight is 216 g/mol. The van der Waals surface area contributed by atoms with E-state index in [0.717, 1.165) is 0 Å². The number of nitrogens with zero attached hydrogens (tertiary/aromatic N) is 1. The normalized spacial score (nSPS) is 20.2. The van der Waals surface area contributed by atoms with Crippen molar-refractivity contribution in [3.8, 4) is 0 Å². The summed E-state index contributed by atoms with van der Waals surface area (Å²) in [5.74, 6) is 4.94. The van der Waals surface area contributed by atoms with Gasteiger partial charge in [-0.1, -0.05) is 12.2 Å². The zero-order chi connectivity index (χ0) is 10.8. The molecule has 0 aromatic carbocycles. The molecule has 0 radical (unpaired) electrons. The molecule has 0 spiro atoms. The van der Waals surface area contributed by atoms with Crippen molar-refractivity contribution in [3.05, 3.63) is 22.6 Å². The lowest BCUT2D eigenvalue weighted by Gasteiger charge is -2.10. The summed E-state index contributed by atoms with van der Waals surface area (Å²) in [6.45, 7) is 0. The third-order valence-electron chi connectivity index (χ3n) is 1.67. The zero-order valence-electron chi connectivity index (χ0n) is 7.04. The largest absolute Gasteiger partial charge is 0.323 e. The molecule has 0 unspecified atom stereocenters. The second kappa shape index (κ2) is 3.72. The van der Waals surface area contributed by atoms with Crippen LogP contribution in [0.25, 0.3) is 0 Å². The van der Waals surface area contributed by atoms with Crippen LogP contribution in [0.1, 0.15) is 6.42 Å². The minimum Gasteiger partial charge on any atom is -0.323 e. The van der Waals surface area contributed by atoms with Gasteiger partial charge in [0.2, 0.25) is 0 Å². The Hall–Kier alpha value is -1.47. The molecule has 1 aliphatic rings. The van der Waals surface area contributed by atoms with Crippen molar-refractivity contribution in [1.82, 2.24) is 0 Å². The van der Waals surface area contributed by atoms with Crippen molar-refractivity contribution < 1.29 is 17.8 Å². The number of allylic oxidation sites excluding steroid dienone is 4. The minimum absolute atomic E-state index is 0.0305. The van der Waals surface area contributed by atoms with Crippen molar-refractivity contribution in [2.45, 2.75) is 6.42 Å². The molecule has 0 saturated carbocycles. The lowest BCUT2D eigenvalue weighted by molar-refractivity contribution is -0.104. The third-order valence-corrected chi connectivity index (χ3v) is 2.66. The molecular formula is C7H8N2O4S. The van der Waals surface area contributed by atoms with Crippen molar-refractivity contribution in [2.75, 3.05) is 0 Å². The summed E-state index contributed by atoms with van der Waals surface area (Å²) in [5.41, 5.74) is -0.181. The first kappa shape index (κ1) is 10.6. The van der Waals surface area contributed by atoms with Gasteiger partial charge in [-0.2, -0.15) is 13.5 Å². The standard InChI is InChI=1S/C7H8N2O4S/c8-9-6-3-1-2-5(4-10)7(6)14(11,12)13/h1-2,4H,3,8H2,(H,11,12,13). The molecule has 6 nitrogen and oxygen atoms in total. The van der Waals surface area contributed by atoms with Gasteiger partial charge in [-0.05, 0) is 0 Å². The van der Waals surface area contributed by atoms with E-state index in [0.29, 0.717) is 6.29 Å². The maximum atomic E-state index is 10.9. The van der Waals surface area contributed by atoms with Gasteiger partial charge in [0.05, 0.1) is 5.71 Å². The van der Waals surface area contributed by atoms with Crippen LogP contribution in [0.2, 0.25) is 0 Å². The molecule has 0 amide bonds. The third kappa shape index (κ3) is 1.88. The molecule has 0 aromatic heterocycles. The molecule has 0 aromatic rings. The SMILES string of the molecule is NN=C1CC=CC(C=O)=C1S(=O)(=O)O. The van der Waals surface area contributed by atoms with Gasteiger partial charge in [0.15, 0.2) is 6.29 Å². The number of hydrazone groups is 1. The smallest absolute Gasteiger partial charge is 0.297 e. The van der Waals surface area contributed by atoms with Crippen molar-refractivity contribution >= 4 is 22.1 Å². The Morgan fingerprint density at radius 1 is 1.57 bits per heavy atom. The fourth-order valence-electron chi connectivity index (χ4n) is 1.13. The number of rotatable bonds is 2. The van der Waals surface area contributed by atoms with E-state index in [1.807, 2.05) is 0 Å². The maximum absolute atomic E-state index is 10.9. The van der Waals surface area contributed by atoms with Crippen LogP contribution in [0, 0.1) is 0 Å². The molecule has 0 heterocycles. The average Bonchev–Trinajstić information content (AvgIpc) is 2.15. The fourth-order valence-corrected chi connectivity index (χ4v) is 1.98. The van der Waals surface area contributed by atoms with Crippen LogP contribution < -0.4 is 5.84 Å². The molecule has 1 aliphatic carbocycles. The molecule has 0 atom stereocenters. The maximum Gasteiger partial charge on any atom is 0.297 e. The van der Waals surface area contributed by atoms with E-state index in [1.165, 1.54) is 12.2 Å². The molecule has 7 heteroatoms. The molecule has 0 bridgehead atoms. The zero-order valence-corrected chi connectivity index (χ0v) is 7.86. The molecule has 0 aliphatic heterocycles. The van der Waals surface area contributed by atoms with Gasteiger partial charge < -0.3 is 5.84 Å². The highest BCUT2D eigenvalue weighted by molar-refractivity contribution is 7.91. The lowest BCUT2D eigenvalue weighted by Crippen LogP contribution is -2.19. The van der Waals surface area contributed by atoms with Crippen molar-refractivity contribution in [2.24, 2.45) is 10.9 Å². The highest BCUT2D eigenvalue weighted by Gasteiger charge is 2.25. The molecule has 1 rings (SSSR count). The number of carbonyl (C=O) groups excluding carboxylic acids is 1. The molecule has 14 heavy (non-hydrogen) atoms. The summed E-state index contributed by atoms with van der Waals surface area (Å²) in [6.07, 6.45) is 3.32. The Kier molecular flexibility index (Phi) is 2.82. The molecule has 76 valence electrons. The van der Waals surface area contributed by atoms with E-state index in [-0.39, 0.29) is 17.7 Å². The molecule has 0 saturated heterocycles. The Bertz CT molecular complexity index is 444. The van der Waals surface area contributed by atoms with E-state index in [9.17, 15) is 13.2 Å². The predicted molar refractivity (Wildman–Crippen MR) is 50.0 cm³/mol. The monoisotopic (exact) mass is 216 g/mol. The highest BCUT2D eigenvalue weighted by Crippen LogP contribution is 2.19. The van der Waals surface area contributed by atoms with E-state index in [2.05, 4.69) is 5.10 Å². The van der Waals surface area contributed by atoms with Gasteiger partial charge in [0.25, 0.3) is 10.1 Å². The van der Waals surface area contributed by atoms with Gasteiger partial charge >= 0.3 is 0 Å².